The molecule has 0 atom stereocenters. The standard InChI is InChI=1S/C18H21N3O3S/c1-4-21-16-8-7-14(10-15(16)18(2,3)17(21)22)25(23,24)20-12-13-6-5-9-19-11-13/h5-11,20H,4,12H2,1-3H3. The minimum absolute atomic E-state index is 0.0112. The molecule has 1 aliphatic heterocycles. The Bertz CT molecular complexity index is 908. The lowest BCUT2D eigenvalue weighted by atomic mass is 9.86. The highest BCUT2D eigenvalue weighted by molar-refractivity contribution is 7.89. The lowest BCUT2D eigenvalue weighted by molar-refractivity contribution is -0.122. The predicted molar refractivity (Wildman–Crippen MR) is 95.8 cm³/mol. The number of carbonyl (C=O) groups is 1. The first kappa shape index (κ1) is 17.6. The van der Waals surface area contributed by atoms with Gasteiger partial charge in [0.05, 0.1) is 10.3 Å². The summed E-state index contributed by atoms with van der Waals surface area (Å²) in [5.41, 5.74) is 1.56. The van der Waals surface area contributed by atoms with Gasteiger partial charge in [-0.3, -0.25) is 9.78 Å². The number of nitrogens with zero attached hydrogens (tertiary/aromatic N) is 2. The number of nitrogens with one attached hydrogen (secondary N) is 1. The highest BCUT2D eigenvalue weighted by Gasteiger charge is 2.43. The van der Waals surface area contributed by atoms with Crippen molar-refractivity contribution in [2.24, 2.45) is 0 Å². The summed E-state index contributed by atoms with van der Waals surface area (Å²) in [6.07, 6.45) is 3.25. The van der Waals surface area contributed by atoms with E-state index >= 15 is 0 Å². The first-order valence-electron chi connectivity index (χ1n) is 8.12. The van der Waals surface area contributed by atoms with Crippen LogP contribution in [0.4, 0.5) is 5.69 Å². The Balaban J connectivity index is 1.92. The van der Waals surface area contributed by atoms with Crippen LogP contribution in [0.5, 0.6) is 0 Å². The molecule has 1 aromatic carbocycles. The van der Waals surface area contributed by atoms with Crippen molar-refractivity contribution in [3.63, 3.8) is 0 Å². The highest BCUT2D eigenvalue weighted by atomic mass is 32.2. The summed E-state index contributed by atoms with van der Waals surface area (Å²) in [6.45, 7) is 6.27. The maximum Gasteiger partial charge on any atom is 0.240 e. The molecule has 0 spiro atoms. The van der Waals surface area contributed by atoms with Crippen LogP contribution in [0, 0.1) is 0 Å². The van der Waals surface area contributed by atoms with Gasteiger partial charge in [-0.2, -0.15) is 0 Å². The van der Waals surface area contributed by atoms with Gasteiger partial charge in [-0.05, 0) is 56.2 Å². The Morgan fingerprint density at radius 3 is 2.64 bits per heavy atom. The van der Waals surface area contributed by atoms with Gasteiger partial charge in [0.1, 0.15) is 0 Å². The van der Waals surface area contributed by atoms with Crippen LogP contribution in [-0.2, 0) is 26.8 Å². The molecule has 2 aromatic rings. The number of rotatable bonds is 5. The van der Waals surface area contributed by atoms with Gasteiger partial charge in [-0.25, -0.2) is 13.1 Å². The van der Waals surface area contributed by atoms with E-state index in [2.05, 4.69) is 9.71 Å². The van der Waals surface area contributed by atoms with E-state index in [-0.39, 0.29) is 17.3 Å². The van der Waals surface area contributed by atoms with Crippen LogP contribution in [0.25, 0.3) is 0 Å². The van der Waals surface area contributed by atoms with Gasteiger partial charge < -0.3 is 4.90 Å². The minimum atomic E-state index is -3.68. The smallest absolute Gasteiger partial charge is 0.240 e. The summed E-state index contributed by atoms with van der Waals surface area (Å²) in [6, 6.07) is 8.42. The quantitative estimate of drug-likeness (QED) is 0.888. The van der Waals surface area contributed by atoms with Crippen LogP contribution in [0.2, 0.25) is 0 Å². The fourth-order valence-corrected chi connectivity index (χ4v) is 4.10. The van der Waals surface area contributed by atoms with E-state index in [9.17, 15) is 13.2 Å². The van der Waals surface area contributed by atoms with Crippen molar-refractivity contribution in [3.05, 3.63) is 53.9 Å². The van der Waals surface area contributed by atoms with Crippen molar-refractivity contribution < 1.29 is 13.2 Å². The number of amides is 1. The van der Waals surface area contributed by atoms with E-state index in [0.29, 0.717) is 6.54 Å². The molecule has 1 aromatic heterocycles. The molecule has 25 heavy (non-hydrogen) atoms. The van der Waals surface area contributed by atoms with E-state index in [1.165, 1.54) is 0 Å². The van der Waals surface area contributed by atoms with Crippen LogP contribution in [0.3, 0.4) is 0 Å². The Morgan fingerprint density at radius 2 is 2.00 bits per heavy atom. The van der Waals surface area contributed by atoms with Crippen molar-refractivity contribution in [1.29, 1.82) is 0 Å². The molecule has 1 N–H and O–H groups in total. The monoisotopic (exact) mass is 359 g/mol. The van der Waals surface area contributed by atoms with Gasteiger partial charge in [0.2, 0.25) is 15.9 Å². The second-order valence-electron chi connectivity index (χ2n) is 6.54. The van der Waals surface area contributed by atoms with Crippen molar-refractivity contribution in [2.75, 3.05) is 11.4 Å². The third kappa shape index (κ3) is 3.05. The van der Waals surface area contributed by atoms with Crippen LogP contribution < -0.4 is 9.62 Å². The zero-order valence-electron chi connectivity index (χ0n) is 14.5. The third-order valence-corrected chi connectivity index (χ3v) is 5.93. The average molecular weight is 359 g/mol. The molecule has 1 aliphatic rings. The zero-order chi connectivity index (χ0) is 18.2. The number of likely N-dealkylation sites (N-methyl/N-ethyl adjacent to an activating group) is 1. The van der Waals surface area contributed by atoms with Crippen molar-refractivity contribution >= 4 is 21.6 Å². The van der Waals surface area contributed by atoms with Gasteiger partial charge in [0.15, 0.2) is 0 Å². The number of benzene rings is 1. The molecule has 6 nitrogen and oxygen atoms in total. The number of hydrogen-bond donors (Lipinski definition) is 1. The van der Waals surface area contributed by atoms with Crippen molar-refractivity contribution in [1.82, 2.24) is 9.71 Å². The molecule has 0 saturated carbocycles. The number of fused-ring (bicyclic) bond motifs is 1. The molecule has 132 valence electrons. The molecule has 7 heteroatoms. The zero-order valence-corrected chi connectivity index (χ0v) is 15.3. The first-order chi connectivity index (χ1) is 11.8. The van der Waals surface area contributed by atoms with E-state index < -0.39 is 15.4 Å². The van der Waals surface area contributed by atoms with E-state index in [1.54, 1.807) is 47.6 Å². The Labute approximate surface area is 147 Å². The van der Waals surface area contributed by atoms with Crippen LogP contribution in [-0.4, -0.2) is 25.9 Å². The molecule has 0 radical (unpaired) electrons. The summed E-state index contributed by atoms with van der Waals surface area (Å²) in [5, 5.41) is 0. The number of carbonyl (C=O) groups excluding carboxylic acids is 1. The molecule has 0 aliphatic carbocycles. The first-order valence-corrected chi connectivity index (χ1v) is 9.60. The van der Waals surface area contributed by atoms with Crippen LogP contribution >= 0.6 is 0 Å². The lowest BCUT2D eigenvalue weighted by Crippen LogP contribution is -2.35. The molecule has 0 fully saturated rings. The fourth-order valence-electron chi connectivity index (χ4n) is 3.06. The molecular formula is C18H21N3O3S. The van der Waals surface area contributed by atoms with Crippen molar-refractivity contribution in [2.45, 2.75) is 37.6 Å². The molecule has 1 amide bonds. The number of hydrogen-bond acceptors (Lipinski definition) is 4. The minimum Gasteiger partial charge on any atom is -0.312 e. The maximum absolute atomic E-state index is 12.6. The van der Waals surface area contributed by atoms with Gasteiger partial charge in [-0.15, -0.1) is 0 Å². The maximum atomic E-state index is 12.6. The summed E-state index contributed by atoms with van der Waals surface area (Å²) in [4.78, 5) is 18.4. The molecule has 0 saturated heterocycles. The van der Waals surface area contributed by atoms with Gasteiger partial charge in [-0.1, -0.05) is 6.07 Å². The summed E-state index contributed by atoms with van der Waals surface area (Å²) < 4.78 is 27.8. The topological polar surface area (TPSA) is 79.4 Å². The van der Waals surface area contributed by atoms with E-state index in [4.69, 9.17) is 0 Å². The number of pyridine rings is 1. The Hall–Kier alpha value is -2.25. The van der Waals surface area contributed by atoms with Gasteiger partial charge in [0.25, 0.3) is 0 Å². The second kappa shape index (κ2) is 6.24. The molecule has 0 unspecified atom stereocenters. The predicted octanol–water partition coefficient (Wildman–Crippen LogP) is 2.20. The van der Waals surface area contributed by atoms with E-state index in [0.717, 1.165) is 16.8 Å². The lowest BCUT2D eigenvalue weighted by Gasteiger charge is -2.18. The van der Waals surface area contributed by atoms with Crippen molar-refractivity contribution in [3.8, 4) is 0 Å². The van der Waals surface area contributed by atoms with Crippen LogP contribution in [0.1, 0.15) is 31.9 Å². The molecule has 3 rings (SSSR count). The fraction of sp³-hybridized carbons (Fsp3) is 0.333. The normalized spacial score (nSPS) is 16.1. The number of sulfonamides is 1. The number of aromatic nitrogens is 1. The second-order valence-corrected chi connectivity index (χ2v) is 8.31. The summed E-state index contributed by atoms with van der Waals surface area (Å²) in [5.74, 6) is -0.0112. The molecule has 2 heterocycles. The Morgan fingerprint density at radius 1 is 1.24 bits per heavy atom. The highest BCUT2D eigenvalue weighted by Crippen LogP contribution is 2.42. The largest absolute Gasteiger partial charge is 0.312 e. The average Bonchev–Trinajstić information content (AvgIpc) is 2.80. The summed E-state index contributed by atoms with van der Waals surface area (Å²) >= 11 is 0. The van der Waals surface area contributed by atoms with E-state index in [1.807, 2.05) is 20.8 Å². The SMILES string of the molecule is CCN1C(=O)C(C)(C)c2cc(S(=O)(=O)NCc3cccnc3)ccc21. The Kier molecular flexibility index (Phi) is 4.38. The number of anilines is 1. The van der Waals surface area contributed by atoms with Crippen LogP contribution in [0.15, 0.2) is 47.6 Å². The molecular weight excluding hydrogens is 338 g/mol. The van der Waals surface area contributed by atoms with Gasteiger partial charge in [0, 0.05) is 31.2 Å². The summed E-state index contributed by atoms with van der Waals surface area (Å²) in [7, 11) is -3.68. The molecule has 0 bridgehead atoms. The third-order valence-electron chi connectivity index (χ3n) is 4.53. The van der Waals surface area contributed by atoms with Gasteiger partial charge >= 0.3 is 0 Å².